The van der Waals surface area contributed by atoms with E-state index in [2.05, 4.69) is 5.10 Å². The molecule has 0 radical (unpaired) electrons. The summed E-state index contributed by atoms with van der Waals surface area (Å²) in [5.74, 6) is 1.33. The highest BCUT2D eigenvalue weighted by Crippen LogP contribution is 2.12. The van der Waals surface area contributed by atoms with E-state index in [1.807, 2.05) is 30.5 Å². The predicted octanol–water partition coefficient (Wildman–Crippen LogP) is 1.08. The Balaban J connectivity index is 1.79. The van der Waals surface area contributed by atoms with Crippen molar-refractivity contribution in [3.8, 4) is 5.75 Å². The smallest absolute Gasteiger partial charge is 0.145 e. The molecule has 0 fully saturated rings. The predicted molar refractivity (Wildman–Crippen MR) is 69.4 cm³/mol. The molecular formula is C13H17N3O2. The van der Waals surface area contributed by atoms with E-state index in [-0.39, 0.29) is 6.61 Å². The van der Waals surface area contributed by atoms with E-state index in [0.717, 1.165) is 11.3 Å². The van der Waals surface area contributed by atoms with Gasteiger partial charge in [0.05, 0.1) is 6.54 Å². The van der Waals surface area contributed by atoms with E-state index in [0.29, 0.717) is 25.4 Å². The van der Waals surface area contributed by atoms with Gasteiger partial charge in [-0.1, -0.05) is 12.1 Å². The highest BCUT2D eigenvalue weighted by Gasteiger charge is 1.97. The standard InChI is InChI=1S/C13H17N3O2/c14-13-5-7-16(15-13)8-10-18-12-3-1-11(2-4-12)6-9-17/h1-5,7,17H,6,8-10H2,(H2,14,15). The van der Waals surface area contributed by atoms with E-state index < -0.39 is 0 Å². The largest absolute Gasteiger partial charge is 0.492 e. The van der Waals surface area contributed by atoms with Gasteiger partial charge in [0.2, 0.25) is 0 Å². The Labute approximate surface area is 106 Å². The number of nitrogens with two attached hydrogens (primary N) is 1. The van der Waals surface area contributed by atoms with Crippen LogP contribution >= 0.6 is 0 Å². The summed E-state index contributed by atoms with van der Waals surface area (Å²) in [5.41, 5.74) is 6.61. The van der Waals surface area contributed by atoms with Gasteiger partial charge in [-0.25, -0.2) is 0 Å². The van der Waals surface area contributed by atoms with Crippen LogP contribution < -0.4 is 10.5 Å². The summed E-state index contributed by atoms with van der Waals surface area (Å²) < 4.78 is 7.33. The number of hydrogen-bond donors (Lipinski definition) is 2. The van der Waals surface area contributed by atoms with Crippen molar-refractivity contribution in [1.29, 1.82) is 0 Å². The molecule has 0 amide bonds. The second-order valence-electron chi connectivity index (χ2n) is 3.97. The van der Waals surface area contributed by atoms with Crippen LogP contribution in [0.25, 0.3) is 0 Å². The Morgan fingerprint density at radius 2 is 2.00 bits per heavy atom. The normalized spacial score (nSPS) is 10.5. The summed E-state index contributed by atoms with van der Waals surface area (Å²) in [6.07, 6.45) is 2.50. The number of hydrogen-bond acceptors (Lipinski definition) is 4. The van der Waals surface area contributed by atoms with Crippen molar-refractivity contribution in [2.75, 3.05) is 18.9 Å². The number of anilines is 1. The lowest BCUT2D eigenvalue weighted by molar-refractivity contribution is 0.290. The molecule has 0 aliphatic heterocycles. The Morgan fingerprint density at radius 1 is 1.22 bits per heavy atom. The fourth-order valence-corrected chi connectivity index (χ4v) is 1.64. The quantitative estimate of drug-likeness (QED) is 0.801. The van der Waals surface area contributed by atoms with Crippen molar-refractivity contribution in [2.24, 2.45) is 0 Å². The molecule has 18 heavy (non-hydrogen) atoms. The van der Waals surface area contributed by atoms with Crippen molar-refractivity contribution in [1.82, 2.24) is 9.78 Å². The van der Waals surface area contributed by atoms with Gasteiger partial charge in [-0.2, -0.15) is 5.10 Å². The number of benzene rings is 1. The lowest BCUT2D eigenvalue weighted by Gasteiger charge is -2.07. The average molecular weight is 247 g/mol. The number of nitrogen functional groups attached to an aromatic ring is 1. The van der Waals surface area contributed by atoms with Gasteiger partial charge < -0.3 is 15.6 Å². The SMILES string of the molecule is Nc1ccn(CCOc2ccc(CCO)cc2)n1. The lowest BCUT2D eigenvalue weighted by atomic mass is 10.1. The molecule has 2 aromatic rings. The third-order valence-corrected chi connectivity index (χ3v) is 2.57. The van der Waals surface area contributed by atoms with E-state index in [1.165, 1.54) is 0 Å². The van der Waals surface area contributed by atoms with Gasteiger partial charge >= 0.3 is 0 Å². The monoisotopic (exact) mass is 247 g/mol. The van der Waals surface area contributed by atoms with E-state index in [9.17, 15) is 0 Å². The molecule has 0 spiro atoms. The van der Waals surface area contributed by atoms with E-state index in [1.54, 1.807) is 10.7 Å². The Kier molecular flexibility index (Phi) is 4.20. The first-order valence-electron chi connectivity index (χ1n) is 5.89. The third kappa shape index (κ3) is 3.49. The highest BCUT2D eigenvalue weighted by atomic mass is 16.5. The molecule has 0 bridgehead atoms. The number of aliphatic hydroxyl groups excluding tert-OH is 1. The molecule has 1 aromatic heterocycles. The molecule has 5 heteroatoms. The molecule has 3 N–H and O–H groups in total. The van der Waals surface area contributed by atoms with Gasteiger partial charge in [0.1, 0.15) is 18.2 Å². The van der Waals surface area contributed by atoms with Crippen LogP contribution in [-0.2, 0) is 13.0 Å². The van der Waals surface area contributed by atoms with Crippen LogP contribution in [-0.4, -0.2) is 28.1 Å². The minimum atomic E-state index is 0.168. The lowest BCUT2D eigenvalue weighted by Crippen LogP contribution is -2.09. The first kappa shape index (κ1) is 12.4. The van der Waals surface area contributed by atoms with Gasteiger partial charge in [-0.05, 0) is 30.2 Å². The van der Waals surface area contributed by atoms with Crippen LogP contribution in [0.15, 0.2) is 36.5 Å². The molecule has 0 aliphatic rings. The molecule has 0 atom stereocenters. The number of aliphatic hydroxyl groups is 1. The molecule has 0 saturated carbocycles. The maximum atomic E-state index is 8.81. The molecule has 5 nitrogen and oxygen atoms in total. The van der Waals surface area contributed by atoms with Crippen LogP contribution in [0.2, 0.25) is 0 Å². The van der Waals surface area contributed by atoms with Crippen LogP contribution in [0.4, 0.5) is 5.82 Å². The molecule has 0 unspecified atom stereocenters. The molecule has 1 aromatic carbocycles. The molecule has 96 valence electrons. The summed E-state index contributed by atoms with van der Waals surface area (Å²) in [7, 11) is 0. The number of aromatic nitrogens is 2. The molecule has 1 heterocycles. The van der Waals surface area contributed by atoms with Crippen LogP contribution in [0, 0.1) is 0 Å². The first-order valence-corrected chi connectivity index (χ1v) is 5.89. The van der Waals surface area contributed by atoms with Crippen molar-refractivity contribution in [3.05, 3.63) is 42.1 Å². The van der Waals surface area contributed by atoms with Gasteiger partial charge in [0.15, 0.2) is 0 Å². The summed E-state index contributed by atoms with van der Waals surface area (Å²) in [5, 5.41) is 12.9. The summed E-state index contributed by atoms with van der Waals surface area (Å²) >= 11 is 0. The maximum Gasteiger partial charge on any atom is 0.145 e. The van der Waals surface area contributed by atoms with Crippen LogP contribution in [0.5, 0.6) is 5.75 Å². The Hall–Kier alpha value is -2.01. The second-order valence-corrected chi connectivity index (χ2v) is 3.97. The molecule has 0 aliphatic carbocycles. The highest BCUT2D eigenvalue weighted by molar-refractivity contribution is 5.27. The van der Waals surface area contributed by atoms with Gasteiger partial charge in [-0.3, -0.25) is 4.68 Å². The summed E-state index contributed by atoms with van der Waals surface area (Å²) in [4.78, 5) is 0. The minimum Gasteiger partial charge on any atom is -0.492 e. The number of ether oxygens (including phenoxy) is 1. The zero-order chi connectivity index (χ0) is 12.8. The van der Waals surface area contributed by atoms with Crippen molar-refractivity contribution in [3.63, 3.8) is 0 Å². The van der Waals surface area contributed by atoms with Gasteiger partial charge in [0.25, 0.3) is 0 Å². The van der Waals surface area contributed by atoms with E-state index in [4.69, 9.17) is 15.6 Å². The first-order chi connectivity index (χ1) is 8.78. The third-order valence-electron chi connectivity index (χ3n) is 2.57. The summed E-state index contributed by atoms with van der Waals surface area (Å²) in [6, 6.07) is 9.48. The Morgan fingerprint density at radius 3 is 2.61 bits per heavy atom. The molecule has 0 saturated heterocycles. The fraction of sp³-hybridized carbons (Fsp3) is 0.308. The number of rotatable bonds is 6. The Bertz CT molecular complexity index is 479. The average Bonchev–Trinajstić information content (AvgIpc) is 2.78. The van der Waals surface area contributed by atoms with Gasteiger partial charge in [0, 0.05) is 12.8 Å². The van der Waals surface area contributed by atoms with Gasteiger partial charge in [-0.15, -0.1) is 0 Å². The van der Waals surface area contributed by atoms with Crippen LogP contribution in [0.3, 0.4) is 0 Å². The maximum absolute atomic E-state index is 8.81. The van der Waals surface area contributed by atoms with E-state index >= 15 is 0 Å². The topological polar surface area (TPSA) is 73.3 Å². The molecular weight excluding hydrogens is 230 g/mol. The zero-order valence-corrected chi connectivity index (χ0v) is 10.1. The van der Waals surface area contributed by atoms with Crippen molar-refractivity contribution in [2.45, 2.75) is 13.0 Å². The minimum absolute atomic E-state index is 0.168. The van der Waals surface area contributed by atoms with Crippen molar-refractivity contribution < 1.29 is 9.84 Å². The van der Waals surface area contributed by atoms with Crippen LogP contribution in [0.1, 0.15) is 5.56 Å². The number of nitrogens with zero attached hydrogens (tertiary/aromatic N) is 2. The zero-order valence-electron chi connectivity index (χ0n) is 10.1. The summed E-state index contributed by atoms with van der Waals surface area (Å²) in [6.45, 7) is 1.37. The second kappa shape index (κ2) is 6.07. The molecule has 2 rings (SSSR count). The fourth-order valence-electron chi connectivity index (χ4n) is 1.64. The van der Waals surface area contributed by atoms with Crippen molar-refractivity contribution >= 4 is 5.82 Å².